The van der Waals surface area contributed by atoms with Gasteiger partial charge in [0.1, 0.15) is 5.75 Å². The Labute approximate surface area is 139 Å². The van der Waals surface area contributed by atoms with E-state index in [0.717, 1.165) is 17.4 Å². The molecule has 4 heteroatoms. The first-order chi connectivity index (χ1) is 11.1. The largest absolute Gasteiger partial charge is 0.491 e. The van der Waals surface area contributed by atoms with Gasteiger partial charge in [-0.25, -0.2) is 0 Å². The number of hydrogen-bond donors (Lipinski definition) is 2. The van der Waals surface area contributed by atoms with Crippen LogP contribution in [-0.4, -0.2) is 47.8 Å². The Morgan fingerprint density at radius 3 is 2.74 bits per heavy atom. The summed E-state index contributed by atoms with van der Waals surface area (Å²) in [6, 6.07) is 9.12. The quantitative estimate of drug-likeness (QED) is 0.846. The molecule has 0 saturated carbocycles. The van der Waals surface area contributed by atoms with Crippen LogP contribution in [0.25, 0.3) is 0 Å². The van der Waals surface area contributed by atoms with Gasteiger partial charge in [0.25, 0.3) is 0 Å². The summed E-state index contributed by atoms with van der Waals surface area (Å²) in [4.78, 5) is 2.63. The maximum absolute atomic E-state index is 10.4. The fourth-order valence-corrected chi connectivity index (χ4v) is 3.85. The number of aliphatic hydroxyl groups excluding tert-OH is 1. The lowest BCUT2D eigenvalue weighted by Gasteiger charge is -2.35. The fraction of sp³-hybridized carbons (Fsp3) is 0.684. The lowest BCUT2D eigenvalue weighted by Crippen LogP contribution is -2.46. The molecule has 3 unspecified atom stereocenters. The summed E-state index contributed by atoms with van der Waals surface area (Å²) in [7, 11) is 0. The molecule has 0 amide bonds. The van der Waals surface area contributed by atoms with Crippen LogP contribution in [-0.2, 0) is 0 Å². The second-order valence-electron chi connectivity index (χ2n) is 7.21. The second kappa shape index (κ2) is 7.65. The molecule has 4 nitrogen and oxygen atoms in total. The van der Waals surface area contributed by atoms with Gasteiger partial charge < -0.3 is 20.1 Å². The SMILES string of the molecule is CC(C)Oc1ccc(C(O)CNC2CCN3CCCC3C2)cc1. The molecule has 128 valence electrons. The zero-order chi connectivity index (χ0) is 16.2. The Balaban J connectivity index is 1.46. The van der Waals surface area contributed by atoms with E-state index in [2.05, 4.69) is 10.2 Å². The van der Waals surface area contributed by atoms with Gasteiger partial charge in [0.2, 0.25) is 0 Å². The van der Waals surface area contributed by atoms with Gasteiger partial charge in [-0.15, -0.1) is 0 Å². The van der Waals surface area contributed by atoms with Crippen molar-refractivity contribution >= 4 is 0 Å². The van der Waals surface area contributed by atoms with Crippen LogP contribution < -0.4 is 10.1 Å². The van der Waals surface area contributed by atoms with Crippen molar-refractivity contribution in [3.05, 3.63) is 29.8 Å². The minimum Gasteiger partial charge on any atom is -0.491 e. The van der Waals surface area contributed by atoms with Gasteiger partial charge in [0, 0.05) is 18.6 Å². The lowest BCUT2D eigenvalue weighted by atomic mass is 9.97. The van der Waals surface area contributed by atoms with Crippen molar-refractivity contribution in [2.75, 3.05) is 19.6 Å². The van der Waals surface area contributed by atoms with Crippen molar-refractivity contribution in [3.8, 4) is 5.75 Å². The molecule has 1 aromatic rings. The zero-order valence-corrected chi connectivity index (χ0v) is 14.4. The smallest absolute Gasteiger partial charge is 0.119 e. The summed E-state index contributed by atoms with van der Waals surface area (Å²) in [6.45, 7) is 7.15. The Morgan fingerprint density at radius 1 is 1.22 bits per heavy atom. The molecule has 3 rings (SSSR count). The predicted molar refractivity (Wildman–Crippen MR) is 92.8 cm³/mol. The van der Waals surface area contributed by atoms with E-state index >= 15 is 0 Å². The fourth-order valence-electron chi connectivity index (χ4n) is 3.85. The minimum atomic E-state index is -0.454. The van der Waals surface area contributed by atoms with E-state index < -0.39 is 6.10 Å². The normalized spacial score (nSPS) is 26.3. The summed E-state index contributed by atoms with van der Waals surface area (Å²) in [6.07, 6.45) is 4.85. The van der Waals surface area contributed by atoms with Gasteiger partial charge in [0.15, 0.2) is 0 Å². The van der Waals surface area contributed by atoms with Gasteiger partial charge in [-0.1, -0.05) is 12.1 Å². The first-order valence-corrected chi connectivity index (χ1v) is 9.04. The number of fused-ring (bicyclic) bond motifs is 1. The first-order valence-electron chi connectivity index (χ1n) is 9.04. The highest BCUT2D eigenvalue weighted by Crippen LogP contribution is 2.27. The molecule has 2 aliphatic heterocycles. The van der Waals surface area contributed by atoms with Crippen molar-refractivity contribution in [1.29, 1.82) is 0 Å². The third-order valence-electron chi connectivity index (χ3n) is 5.06. The van der Waals surface area contributed by atoms with Gasteiger partial charge in [-0.3, -0.25) is 0 Å². The van der Waals surface area contributed by atoms with Crippen LogP contribution in [0.1, 0.15) is 51.2 Å². The molecular weight excluding hydrogens is 288 g/mol. The van der Waals surface area contributed by atoms with E-state index in [-0.39, 0.29) is 6.10 Å². The number of hydrogen-bond acceptors (Lipinski definition) is 4. The summed E-state index contributed by atoms with van der Waals surface area (Å²) < 4.78 is 5.64. The Bertz CT molecular complexity index is 489. The van der Waals surface area contributed by atoms with Crippen molar-refractivity contribution < 1.29 is 9.84 Å². The van der Waals surface area contributed by atoms with Gasteiger partial charge in [-0.05, 0) is 70.3 Å². The molecular formula is C19H30N2O2. The highest BCUT2D eigenvalue weighted by atomic mass is 16.5. The second-order valence-corrected chi connectivity index (χ2v) is 7.21. The molecule has 2 aliphatic rings. The predicted octanol–water partition coefficient (Wildman–Crippen LogP) is 2.72. The number of ether oxygens (including phenoxy) is 1. The molecule has 0 spiro atoms. The average molecular weight is 318 g/mol. The zero-order valence-electron chi connectivity index (χ0n) is 14.4. The van der Waals surface area contributed by atoms with Crippen LogP contribution in [0.3, 0.4) is 0 Å². The highest BCUT2D eigenvalue weighted by molar-refractivity contribution is 5.28. The van der Waals surface area contributed by atoms with Gasteiger partial charge >= 0.3 is 0 Å². The summed E-state index contributed by atoms with van der Waals surface area (Å²) >= 11 is 0. The third-order valence-corrected chi connectivity index (χ3v) is 5.06. The van der Waals surface area contributed by atoms with E-state index in [4.69, 9.17) is 4.74 Å². The molecule has 0 aromatic heterocycles. The van der Waals surface area contributed by atoms with Crippen molar-refractivity contribution in [3.63, 3.8) is 0 Å². The van der Waals surface area contributed by atoms with E-state index in [1.807, 2.05) is 38.1 Å². The number of nitrogens with zero attached hydrogens (tertiary/aromatic N) is 1. The Kier molecular flexibility index (Phi) is 5.57. The summed E-state index contributed by atoms with van der Waals surface area (Å²) in [5, 5.41) is 14.0. The molecule has 2 fully saturated rings. The molecule has 3 atom stereocenters. The Morgan fingerprint density at radius 2 is 2.00 bits per heavy atom. The molecule has 0 radical (unpaired) electrons. The van der Waals surface area contributed by atoms with Crippen LogP contribution >= 0.6 is 0 Å². The monoisotopic (exact) mass is 318 g/mol. The average Bonchev–Trinajstić information content (AvgIpc) is 3.00. The Hall–Kier alpha value is -1.10. The van der Waals surface area contributed by atoms with Crippen LogP contribution in [0.15, 0.2) is 24.3 Å². The number of benzene rings is 1. The van der Waals surface area contributed by atoms with Crippen LogP contribution in [0.5, 0.6) is 5.75 Å². The minimum absolute atomic E-state index is 0.175. The number of piperidine rings is 1. The first kappa shape index (κ1) is 16.7. The van der Waals surface area contributed by atoms with Crippen LogP contribution in [0, 0.1) is 0 Å². The van der Waals surface area contributed by atoms with E-state index in [0.29, 0.717) is 12.6 Å². The van der Waals surface area contributed by atoms with Crippen molar-refractivity contribution in [2.45, 2.75) is 63.8 Å². The van der Waals surface area contributed by atoms with Gasteiger partial charge in [-0.2, -0.15) is 0 Å². The number of nitrogens with one attached hydrogen (secondary N) is 1. The topological polar surface area (TPSA) is 44.7 Å². The molecule has 1 aromatic carbocycles. The molecule has 0 bridgehead atoms. The maximum atomic E-state index is 10.4. The molecule has 2 heterocycles. The molecule has 2 N–H and O–H groups in total. The maximum Gasteiger partial charge on any atom is 0.119 e. The summed E-state index contributed by atoms with van der Waals surface area (Å²) in [5.41, 5.74) is 0.951. The van der Waals surface area contributed by atoms with E-state index in [9.17, 15) is 5.11 Å². The van der Waals surface area contributed by atoms with Gasteiger partial charge in [0.05, 0.1) is 12.2 Å². The standard InChI is InChI=1S/C19H30N2O2/c1-14(2)23-18-7-5-15(6-8-18)19(22)13-20-16-9-11-21-10-3-4-17(21)12-16/h5-8,14,16-17,19-20,22H,3-4,9-13H2,1-2H3. The summed E-state index contributed by atoms with van der Waals surface area (Å²) in [5.74, 6) is 0.859. The highest BCUT2D eigenvalue weighted by Gasteiger charge is 2.31. The van der Waals surface area contributed by atoms with E-state index in [1.165, 1.54) is 38.8 Å². The molecule has 2 saturated heterocycles. The molecule has 23 heavy (non-hydrogen) atoms. The van der Waals surface area contributed by atoms with Crippen molar-refractivity contribution in [2.24, 2.45) is 0 Å². The third kappa shape index (κ3) is 4.46. The van der Waals surface area contributed by atoms with Crippen LogP contribution in [0.4, 0.5) is 0 Å². The van der Waals surface area contributed by atoms with Crippen molar-refractivity contribution in [1.82, 2.24) is 10.2 Å². The molecule has 0 aliphatic carbocycles. The number of aliphatic hydroxyl groups is 1. The number of rotatable bonds is 6. The van der Waals surface area contributed by atoms with Crippen LogP contribution in [0.2, 0.25) is 0 Å². The lowest BCUT2D eigenvalue weighted by molar-refractivity contribution is 0.138. The van der Waals surface area contributed by atoms with E-state index in [1.54, 1.807) is 0 Å².